The van der Waals surface area contributed by atoms with Gasteiger partial charge in [0.15, 0.2) is 0 Å². The minimum Gasteiger partial charge on any atom is -0.480 e. The third-order valence-electron chi connectivity index (χ3n) is 6.65. The standard InChI is InChI=1S/C24H24N2O5S/c27-21(28)20-12-32-14-26(20)22(29)24(9-10-24)13-25-23(30)31-11-19-17-7-3-1-5-15(17)16-6-2-4-8-18(16)19/h1-8,19-20H,9-14H2,(H,25,30)(H,27,28)/t20-/m0/s1. The molecule has 0 radical (unpaired) electrons. The van der Waals surface area contributed by atoms with Crippen molar-refractivity contribution in [1.82, 2.24) is 10.2 Å². The Labute approximate surface area is 190 Å². The van der Waals surface area contributed by atoms with Gasteiger partial charge in [-0.25, -0.2) is 9.59 Å². The molecule has 5 rings (SSSR count). The van der Waals surface area contributed by atoms with E-state index in [0.717, 1.165) is 22.3 Å². The van der Waals surface area contributed by atoms with Crippen molar-refractivity contribution in [1.29, 1.82) is 0 Å². The van der Waals surface area contributed by atoms with E-state index in [-0.39, 0.29) is 25.0 Å². The highest BCUT2D eigenvalue weighted by Gasteiger charge is 2.54. The highest BCUT2D eigenvalue weighted by Crippen LogP contribution is 2.48. The van der Waals surface area contributed by atoms with Crippen molar-refractivity contribution in [3.8, 4) is 11.1 Å². The number of nitrogens with one attached hydrogen (secondary N) is 1. The maximum atomic E-state index is 13.0. The maximum absolute atomic E-state index is 13.0. The molecule has 2 aromatic rings. The van der Waals surface area contributed by atoms with E-state index < -0.39 is 23.5 Å². The Balaban J connectivity index is 1.20. The van der Waals surface area contributed by atoms with Crippen LogP contribution >= 0.6 is 11.8 Å². The number of carbonyl (C=O) groups excluding carboxylic acids is 2. The minimum absolute atomic E-state index is 0.0254. The fourth-order valence-corrected chi connectivity index (χ4v) is 5.81. The van der Waals surface area contributed by atoms with E-state index >= 15 is 0 Å². The molecule has 1 atom stereocenters. The van der Waals surface area contributed by atoms with Gasteiger partial charge in [-0.05, 0) is 35.1 Å². The first-order valence-corrected chi connectivity index (χ1v) is 11.9. The van der Waals surface area contributed by atoms with Gasteiger partial charge in [0.2, 0.25) is 5.91 Å². The molecule has 1 saturated heterocycles. The summed E-state index contributed by atoms with van der Waals surface area (Å²) in [7, 11) is 0. The van der Waals surface area contributed by atoms with E-state index in [9.17, 15) is 19.5 Å². The number of aliphatic carboxylic acids is 1. The van der Waals surface area contributed by atoms with Crippen molar-refractivity contribution in [3.05, 3.63) is 59.7 Å². The van der Waals surface area contributed by atoms with Gasteiger partial charge in [0.25, 0.3) is 0 Å². The van der Waals surface area contributed by atoms with Crippen LogP contribution in [0.5, 0.6) is 0 Å². The number of rotatable bonds is 6. The number of ether oxygens (including phenoxy) is 1. The average Bonchev–Trinajstić information content (AvgIpc) is 3.31. The number of carboxylic acids is 1. The van der Waals surface area contributed by atoms with Crippen LogP contribution in [0, 0.1) is 5.41 Å². The first-order chi connectivity index (χ1) is 15.5. The molecule has 3 aliphatic rings. The summed E-state index contributed by atoms with van der Waals surface area (Å²) in [6, 6.07) is 15.5. The molecule has 1 saturated carbocycles. The predicted octanol–water partition coefficient (Wildman–Crippen LogP) is 3.29. The van der Waals surface area contributed by atoms with Gasteiger partial charge in [-0.15, -0.1) is 11.8 Å². The van der Waals surface area contributed by atoms with Crippen LogP contribution in [0.25, 0.3) is 11.1 Å². The van der Waals surface area contributed by atoms with E-state index in [1.807, 2.05) is 24.3 Å². The lowest BCUT2D eigenvalue weighted by Crippen LogP contribution is -2.48. The highest BCUT2D eigenvalue weighted by molar-refractivity contribution is 7.99. The lowest BCUT2D eigenvalue weighted by Gasteiger charge is -2.26. The highest BCUT2D eigenvalue weighted by atomic mass is 32.2. The van der Waals surface area contributed by atoms with Gasteiger partial charge in [-0.2, -0.15) is 0 Å². The molecule has 166 valence electrons. The second kappa shape index (κ2) is 8.16. The van der Waals surface area contributed by atoms with Crippen molar-refractivity contribution >= 4 is 29.7 Å². The normalized spacial score (nSPS) is 20.4. The summed E-state index contributed by atoms with van der Waals surface area (Å²) in [5, 5.41) is 12.1. The SMILES string of the molecule is O=C(NCC1(C(=O)N2CSC[C@H]2C(=O)O)CC1)OCC1c2ccccc2-c2ccccc21. The number of carbonyl (C=O) groups is 3. The summed E-state index contributed by atoms with van der Waals surface area (Å²) in [6.07, 6.45) is 0.725. The summed E-state index contributed by atoms with van der Waals surface area (Å²) < 4.78 is 5.55. The minimum atomic E-state index is -0.983. The maximum Gasteiger partial charge on any atom is 0.407 e. The molecule has 0 unspecified atom stereocenters. The number of fused-ring (bicyclic) bond motifs is 3. The van der Waals surface area contributed by atoms with E-state index in [2.05, 4.69) is 29.6 Å². The largest absolute Gasteiger partial charge is 0.480 e. The average molecular weight is 453 g/mol. The van der Waals surface area contributed by atoms with Gasteiger partial charge in [-0.3, -0.25) is 4.79 Å². The molecule has 0 spiro atoms. The zero-order valence-electron chi connectivity index (χ0n) is 17.5. The van der Waals surface area contributed by atoms with Crippen LogP contribution in [0.1, 0.15) is 29.9 Å². The van der Waals surface area contributed by atoms with Crippen molar-refractivity contribution in [2.45, 2.75) is 24.8 Å². The van der Waals surface area contributed by atoms with Crippen LogP contribution in [-0.4, -0.2) is 58.8 Å². The van der Waals surface area contributed by atoms with E-state index in [1.165, 1.54) is 16.7 Å². The Kier molecular flexibility index (Phi) is 5.33. The smallest absolute Gasteiger partial charge is 0.407 e. The Hall–Kier alpha value is -3.00. The van der Waals surface area contributed by atoms with Crippen molar-refractivity contribution < 1.29 is 24.2 Å². The lowest BCUT2D eigenvalue weighted by molar-refractivity contribution is -0.150. The van der Waals surface area contributed by atoms with Gasteiger partial charge >= 0.3 is 12.1 Å². The number of thioether (sulfide) groups is 1. The lowest BCUT2D eigenvalue weighted by atomic mass is 9.98. The molecule has 1 heterocycles. The first-order valence-electron chi connectivity index (χ1n) is 10.7. The molecule has 2 N–H and O–H groups in total. The summed E-state index contributed by atoms with van der Waals surface area (Å²) in [4.78, 5) is 38.3. The molecule has 8 heteroatoms. The van der Waals surface area contributed by atoms with Crippen molar-refractivity contribution in [2.75, 3.05) is 24.8 Å². The van der Waals surface area contributed by atoms with Gasteiger partial charge < -0.3 is 20.1 Å². The number of carboxylic acid groups (broad SMARTS) is 1. The van der Waals surface area contributed by atoms with Crippen LogP contribution in [-0.2, 0) is 14.3 Å². The number of nitrogens with zero attached hydrogens (tertiary/aromatic N) is 1. The Morgan fingerprint density at radius 3 is 2.28 bits per heavy atom. The van der Waals surface area contributed by atoms with Crippen LogP contribution in [0.15, 0.2) is 48.5 Å². The molecule has 0 aromatic heterocycles. The first kappa shape index (κ1) is 20.9. The Morgan fingerprint density at radius 2 is 1.69 bits per heavy atom. The fraction of sp³-hybridized carbons (Fsp3) is 0.375. The van der Waals surface area contributed by atoms with Crippen LogP contribution in [0.4, 0.5) is 4.79 Å². The zero-order chi connectivity index (χ0) is 22.3. The van der Waals surface area contributed by atoms with Gasteiger partial charge in [0.1, 0.15) is 12.6 Å². The number of benzene rings is 2. The number of amides is 2. The quantitative estimate of drug-likeness (QED) is 0.698. The molecule has 1 aliphatic heterocycles. The Morgan fingerprint density at radius 1 is 1.06 bits per heavy atom. The summed E-state index contributed by atoms with van der Waals surface area (Å²) in [6.45, 7) is 0.376. The third kappa shape index (κ3) is 3.62. The van der Waals surface area contributed by atoms with Crippen molar-refractivity contribution in [3.63, 3.8) is 0 Å². The monoisotopic (exact) mass is 452 g/mol. The topological polar surface area (TPSA) is 95.9 Å². The molecule has 32 heavy (non-hydrogen) atoms. The van der Waals surface area contributed by atoms with E-state index in [0.29, 0.717) is 24.5 Å². The molecule has 2 fully saturated rings. The summed E-state index contributed by atoms with van der Waals surface area (Å²) >= 11 is 1.44. The fourth-order valence-electron chi connectivity index (χ4n) is 4.66. The molecule has 2 amide bonds. The van der Waals surface area contributed by atoms with Gasteiger partial charge in [0.05, 0.1) is 11.3 Å². The van der Waals surface area contributed by atoms with Crippen LogP contribution < -0.4 is 5.32 Å². The molecule has 2 aromatic carbocycles. The van der Waals surface area contributed by atoms with Gasteiger partial charge in [-0.1, -0.05) is 48.5 Å². The van der Waals surface area contributed by atoms with Crippen molar-refractivity contribution in [2.24, 2.45) is 5.41 Å². The summed E-state index contributed by atoms with van der Waals surface area (Å²) in [5.41, 5.74) is 3.90. The number of alkyl carbamates (subject to hydrolysis) is 1. The molecular formula is C24H24N2O5S. The zero-order valence-corrected chi connectivity index (χ0v) is 18.3. The van der Waals surface area contributed by atoms with Crippen LogP contribution in [0.3, 0.4) is 0 Å². The van der Waals surface area contributed by atoms with E-state index in [4.69, 9.17) is 4.74 Å². The Bertz CT molecular complexity index is 1040. The molecule has 7 nitrogen and oxygen atoms in total. The predicted molar refractivity (Wildman–Crippen MR) is 120 cm³/mol. The van der Waals surface area contributed by atoms with Crippen LogP contribution in [0.2, 0.25) is 0 Å². The molecule has 0 bridgehead atoms. The van der Waals surface area contributed by atoms with Gasteiger partial charge in [0, 0.05) is 18.2 Å². The number of hydrogen-bond acceptors (Lipinski definition) is 5. The molecular weight excluding hydrogens is 428 g/mol. The summed E-state index contributed by atoms with van der Waals surface area (Å²) in [5.74, 6) is -0.417. The second-order valence-corrected chi connectivity index (χ2v) is 9.59. The molecule has 2 aliphatic carbocycles. The second-order valence-electron chi connectivity index (χ2n) is 8.59. The third-order valence-corrected chi connectivity index (χ3v) is 7.66. The van der Waals surface area contributed by atoms with E-state index in [1.54, 1.807) is 0 Å². The number of hydrogen-bond donors (Lipinski definition) is 2.